The molecule has 3 rings (SSSR count). The van der Waals surface area contributed by atoms with Crippen LogP contribution in [-0.2, 0) is 19.6 Å². The van der Waals surface area contributed by atoms with E-state index in [4.69, 9.17) is 4.74 Å². The van der Waals surface area contributed by atoms with Crippen molar-refractivity contribution in [2.45, 2.75) is 37.7 Å². The number of hydrogen-bond acceptors (Lipinski definition) is 6. The van der Waals surface area contributed by atoms with Crippen molar-refractivity contribution in [1.29, 1.82) is 0 Å². The van der Waals surface area contributed by atoms with Gasteiger partial charge in [-0.3, -0.25) is 25.2 Å². The van der Waals surface area contributed by atoms with Gasteiger partial charge >= 0.3 is 0 Å². The van der Waals surface area contributed by atoms with Crippen molar-refractivity contribution < 1.29 is 31.9 Å². The number of nitrogens with one attached hydrogen (secondary N) is 2. The number of rotatable bonds is 7. The predicted octanol–water partition coefficient (Wildman–Crippen LogP) is 2.04. The van der Waals surface area contributed by atoms with Gasteiger partial charge in [0.1, 0.15) is 0 Å². The molecular formula is C23H26FN3O6S. The maximum atomic E-state index is 13.7. The standard InChI is InChI=1S/C23H26FN3O6S/c1-15(28)17-7-9-19(10-8-17)34(31,32)27-13-11-18(12-14-27)23(30)26-25-22(29)16(2)33-21-6-4-3-5-20(21)24/h3-10,16,18H,11-14H2,1-2H3,(H,25,29)(H,26,30). The monoisotopic (exact) mass is 491 g/mol. The molecule has 1 heterocycles. The number of amides is 2. The molecule has 9 nitrogen and oxygen atoms in total. The molecule has 0 radical (unpaired) electrons. The largest absolute Gasteiger partial charge is 0.478 e. The summed E-state index contributed by atoms with van der Waals surface area (Å²) in [5.41, 5.74) is 5.00. The van der Waals surface area contributed by atoms with E-state index in [2.05, 4.69) is 10.9 Å². The second-order valence-electron chi connectivity index (χ2n) is 7.93. The van der Waals surface area contributed by atoms with Gasteiger partial charge in [0.25, 0.3) is 5.91 Å². The van der Waals surface area contributed by atoms with Crippen LogP contribution < -0.4 is 15.6 Å². The van der Waals surface area contributed by atoms with Crippen molar-refractivity contribution >= 4 is 27.6 Å². The highest BCUT2D eigenvalue weighted by atomic mass is 32.2. The second kappa shape index (κ2) is 10.7. The minimum absolute atomic E-state index is 0.0801. The first-order valence-electron chi connectivity index (χ1n) is 10.7. The second-order valence-corrected chi connectivity index (χ2v) is 9.87. The van der Waals surface area contributed by atoms with Crippen LogP contribution in [0.5, 0.6) is 5.75 Å². The van der Waals surface area contributed by atoms with Crippen molar-refractivity contribution in [2.75, 3.05) is 13.1 Å². The number of hydrazine groups is 1. The fourth-order valence-electron chi connectivity index (χ4n) is 3.48. The van der Waals surface area contributed by atoms with E-state index in [1.807, 2.05) is 0 Å². The van der Waals surface area contributed by atoms with Gasteiger partial charge in [0.05, 0.1) is 4.90 Å². The first-order chi connectivity index (χ1) is 16.1. The summed E-state index contributed by atoms with van der Waals surface area (Å²) in [7, 11) is -3.75. The molecule has 2 N–H and O–H groups in total. The van der Waals surface area contributed by atoms with Crippen LogP contribution in [0.3, 0.4) is 0 Å². The highest BCUT2D eigenvalue weighted by Gasteiger charge is 2.32. The lowest BCUT2D eigenvalue weighted by Crippen LogP contribution is -2.51. The maximum absolute atomic E-state index is 13.7. The highest BCUT2D eigenvalue weighted by Crippen LogP contribution is 2.24. The van der Waals surface area contributed by atoms with E-state index in [1.54, 1.807) is 6.07 Å². The molecule has 1 aliphatic rings. The number of sulfonamides is 1. The summed E-state index contributed by atoms with van der Waals surface area (Å²) in [6.07, 6.45) is -0.514. The molecule has 0 aliphatic carbocycles. The van der Waals surface area contributed by atoms with E-state index < -0.39 is 39.7 Å². The number of carbonyl (C=O) groups is 3. The number of ether oxygens (including phenoxy) is 1. The molecule has 2 aromatic rings. The van der Waals surface area contributed by atoms with Gasteiger partial charge in [-0.15, -0.1) is 0 Å². The van der Waals surface area contributed by atoms with E-state index in [9.17, 15) is 27.2 Å². The molecule has 1 unspecified atom stereocenters. The number of hydrogen-bond donors (Lipinski definition) is 2. The van der Waals surface area contributed by atoms with E-state index in [0.29, 0.717) is 5.56 Å². The van der Waals surface area contributed by atoms with Crippen LogP contribution in [0.2, 0.25) is 0 Å². The van der Waals surface area contributed by atoms with Gasteiger partial charge in [0.2, 0.25) is 15.9 Å². The summed E-state index contributed by atoms with van der Waals surface area (Å²) >= 11 is 0. The van der Waals surface area contributed by atoms with Gasteiger partial charge < -0.3 is 4.74 Å². The van der Waals surface area contributed by atoms with Gasteiger partial charge in [0.15, 0.2) is 23.5 Å². The molecule has 0 aromatic heterocycles. The third-order valence-corrected chi connectivity index (χ3v) is 7.45. The number of benzene rings is 2. The Bertz CT molecular complexity index is 1160. The van der Waals surface area contributed by atoms with Gasteiger partial charge in [0, 0.05) is 24.6 Å². The zero-order valence-electron chi connectivity index (χ0n) is 18.8. The molecule has 0 bridgehead atoms. The van der Waals surface area contributed by atoms with Crippen LogP contribution in [0, 0.1) is 11.7 Å². The van der Waals surface area contributed by atoms with Crippen LogP contribution >= 0.6 is 0 Å². The Hall–Kier alpha value is -3.31. The van der Waals surface area contributed by atoms with Crippen molar-refractivity contribution in [3.8, 4) is 5.75 Å². The van der Waals surface area contributed by atoms with Crippen molar-refractivity contribution in [3.05, 3.63) is 59.9 Å². The molecule has 1 fully saturated rings. The molecule has 2 aromatic carbocycles. The number of Topliss-reactive ketones (excluding diaryl/α,β-unsaturated/α-hetero) is 1. The number of para-hydroxylation sites is 1. The van der Waals surface area contributed by atoms with Crippen LogP contribution in [0.25, 0.3) is 0 Å². The Balaban J connectivity index is 1.49. The third-order valence-electron chi connectivity index (χ3n) is 5.54. The van der Waals surface area contributed by atoms with Gasteiger partial charge in [-0.25, -0.2) is 12.8 Å². The molecule has 0 saturated carbocycles. The first kappa shape index (κ1) is 25.3. The minimum Gasteiger partial charge on any atom is -0.478 e. The highest BCUT2D eigenvalue weighted by molar-refractivity contribution is 7.89. The Morgan fingerprint density at radius 3 is 2.24 bits per heavy atom. The molecule has 1 atom stereocenters. The SMILES string of the molecule is CC(=O)c1ccc(S(=O)(=O)N2CCC(C(=O)NNC(=O)C(C)Oc3ccccc3F)CC2)cc1. The van der Waals surface area contributed by atoms with Crippen LogP contribution in [0.15, 0.2) is 53.4 Å². The normalized spacial score (nSPS) is 15.9. The molecule has 11 heteroatoms. The lowest BCUT2D eigenvalue weighted by Gasteiger charge is -2.30. The Labute approximate surface area is 197 Å². The van der Waals surface area contributed by atoms with Gasteiger partial charge in [-0.2, -0.15) is 4.31 Å². The molecule has 2 amide bonds. The Morgan fingerprint density at radius 1 is 1.03 bits per heavy atom. The molecule has 1 aliphatic heterocycles. The van der Waals surface area contributed by atoms with Crippen LogP contribution in [0.4, 0.5) is 4.39 Å². The van der Waals surface area contributed by atoms with Crippen molar-refractivity contribution in [2.24, 2.45) is 5.92 Å². The number of nitrogens with zero attached hydrogens (tertiary/aromatic N) is 1. The number of ketones is 1. The summed E-state index contributed by atoms with van der Waals surface area (Å²) in [6, 6.07) is 11.4. The molecule has 0 spiro atoms. The Morgan fingerprint density at radius 2 is 1.65 bits per heavy atom. The molecule has 1 saturated heterocycles. The van der Waals surface area contributed by atoms with Crippen molar-refractivity contribution in [1.82, 2.24) is 15.2 Å². The lowest BCUT2D eigenvalue weighted by atomic mass is 9.98. The van der Waals surface area contributed by atoms with Crippen LogP contribution in [0.1, 0.15) is 37.0 Å². The number of halogens is 1. The number of carbonyl (C=O) groups excluding carboxylic acids is 3. The average molecular weight is 492 g/mol. The number of piperidine rings is 1. The minimum atomic E-state index is -3.75. The van der Waals surface area contributed by atoms with Gasteiger partial charge in [-0.05, 0) is 51.0 Å². The Kier molecular flexibility index (Phi) is 8.00. The first-order valence-corrected chi connectivity index (χ1v) is 12.2. The summed E-state index contributed by atoms with van der Waals surface area (Å²) < 4.78 is 45.9. The smallest absolute Gasteiger partial charge is 0.279 e. The third kappa shape index (κ3) is 5.97. The summed E-state index contributed by atoms with van der Waals surface area (Å²) in [5, 5.41) is 0. The summed E-state index contributed by atoms with van der Waals surface area (Å²) in [5.74, 6) is -2.45. The average Bonchev–Trinajstić information content (AvgIpc) is 2.83. The van der Waals surface area contributed by atoms with Crippen LogP contribution in [-0.4, -0.2) is 49.5 Å². The van der Waals surface area contributed by atoms with E-state index in [1.165, 1.54) is 60.6 Å². The summed E-state index contributed by atoms with van der Waals surface area (Å²) in [4.78, 5) is 36.1. The lowest BCUT2D eigenvalue weighted by molar-refractivity contribution is -0.134. The quantitative estimate of drug-likeness (QED) is 0.452. The zero-order valence-corrected chi connectivity index (χ0v) is 19.6. The predicted molar refractivity (Wildman–Crippen MR) is 121 cm³/mol. The fraction of sp³-hybridized carbons (Fsp3) is 0.348. The van der Waals surface area contributed by atoms with E-state index >= 15 is 0 Å². The van der Waals surface area contributed by atoms with Gasteiger partial charge in [-0.1, -0.05) is 24.3 Å². The zero-order chi connectivity index (χ0) is 24.9. The maximum Gasteiger partial charge on any atom is 0.279 e. The fourth-order valence-corrected chi connectivity index (χ4v) is 4.95. The van der Waals surface area contributed by atoms with E-state index in [0.717, 1.165) is 0 Å². The topological polar surface area (TPSA) is 122 Å². The molecular weight excluding hydrogens is 465 g/mol. The molecule has 34 heavy (non-hydrogen) atoms. The summed E-state index contributed by atoms with van der Waals surface area (Å²) in [6.45, 7) is 3.09. The molecule has 182 valence electrons. The van der Waals surface area contributed by atoms with Crippen molar-refractivity contribution in [3.63, 3.8) is 0 Å². The van der Waals surface area contributed by atoms with E-state index in [-0.39, 0.29) is 42.4 Å².